The van der Waals surface area contributed by atoms with Gasteiger partial charge in [0.1, 0.15) is 12.8 Å². The largest absolute Gasteiger partial charge is 0.390 e. The van der Waals surface area contributed by atoms with Crippen molar-refractivity contribution in [3.8, 4) is 0 Å². The molecule has 0 spiro atoms. The highest BCUT2D eigenvalue weighted by Crippen LogP contribution is 2.13. The van der Waals surface area contributed by atoms with E-state index in [4.69, 9.17) is 28.0 Å². The first-order chi connectivity index (χ1) is 8.75. The van der Waals surface area contributed by atoms with Crippen LogP contribution in [0.5, 0.6) is 0 Å². The topological polar surface area (TPSA) is 21.6 Å². The number of rotatable bonds is 4. The fourth-order valence-electron chi connectivity index (χ4n) is 1.37. The van der Waals surface area contributed by atoms with Crippen molar-refractivity contribution in [2.24, 2.45) is 5.16 Å². The van der Waals surface area contributed by atoms with Gasteiger partial charge in [0.15, 0.2) is 0 Å². The van der Waals surface area contributed by atoms with Crippen molar-refractivity contribution < 1.29 is 4.84 Å². The summed E-state index contributed by atoms with van der Waals surface area (Å²) in [7, 11) is 0. The second-order valence-corrected chi connectivity index (χ2v) is 4.43. The Morgan fingerprint density at radius 2 is 1.89 bits per heavy atom. The first kappa shape index (κ1) is 12.9. The lowest BCUT2D eigenvalue weighted by molar-refractivity contribution is 0.132. The summed E-state index contributed by atoms with van der Waals surface area (Å²) in [6.45, 7) is 0.345. The molecule has 18 heavy (non-hydrogen) atoms. The molecular weight excluding hydrogens is 269 g/mol. The van der Waals surface area contributed by atoms with Gasteiger partial charge in [-0.15, -0.1) is 0 Å². The molecule has 0 atom stereocenters. The van der Waals surface area contributed by atoms with Crippen LogP contribution in [-0.4, -0.2) is 6.21 Å². The van der Waals surface area contributed by atoms with Gasteiger partial charge in [0.05, 0.1) is 5.02 Å². The number of hydrogen-bond acceptors (Lipinski definition) is 2. The second kappa shape index (κ2) is 6.43. The fraction of sp³-hybridized carbons (Fsp3) is 0.0714. The Bertz CT molecular complexity index is 555. The van der Waals surface area contributed by atoms with Crippen molar-refractivity contribution in [2.45, 2.75) is 6.61 Å². The maximum atomic E-state index is 5.95. The fourth-order valence-corrected chi connectivity index (χ4v) is 1.76. The Kier molecular flexibility index (Phi) is 4.62. The lowest BCUT2D eigenvalue weighted by Gasteiger charge is -2.00. The monoisotopic (exact) mass is 278 g/mol. The van der Waals surface area contributed by atoms with Gasteiger partial charge < -0.3 is 4.84 Å². The van der Waals surface area contributed by atoms with Crippen LogP contribution in [-0.2, 0) is 11.4 Å². The van der Waals surface area contributed by atoms with E-state index in [1.54, 1.807) is 6.07 Å². The standard InChI is InChI=1S/C14H10Cl2NO/c15-13-6-3-4-11(8-13)10-18-17-9-12-5-1-2-7-14(12)16/h1-8H,10H2. The van der Waals surface area contributed by atoms with Crippen LogP contribution in [0.1, 0.15) is 11.1 Å². The van der Waals surface area contributed by atoms with Crippen molar-refractivity contribution in [2.75, 3.05) is 0 Å². The maximum absolute atomic E-state index is 5.95. The number of halogens is 2. The molecule has 0 fully saturated rings. The van der Waals surface area contributed by atoms with Crippen LogP contribution >= 0.6 is 23.2 Å². The minimum Gasteiger partial charge on any atom is -0.390 e. The van der Waals surface area contributed by atoms with Crippen molar-refractivity contribution >= 4 is 29.4 Å². The van der Waals surface area contributed by atoms with E-state index in [1.807, 2.05) is 42.5 Å². The predicted molar refractivity (Wildman–Crippen MR) is 74.2 cm³/mol. The summed E-state index contributed by atoms with van der Waals surface area (Å²) in [6, 6.07) is 14.7. The van der Waals surface area contributed by atoms with E-state index in [-0.39, 0.29) is 0 Å². The van der Waals surface area contributed by atoms with Gasteiger partial charge >= 0.3 is 0 Å². The van der Waals surface area contributed by atoms with E-state index in [2.05, 4.69) is 11.4 Å². The summed E-state index contributed by atoms with van der Waals surface area (Å²) >= 11 is 11.8. The highest BCUT2D eigenvalue weighted by molar-refractivity contribution is 6.33. The summed E-state index contributed by atoms with van der Waals surface area (Å²) in [5.41, 5.74) is 1.65. The Morgan fingerprint density at radius 1 is 1.06 bits per heavy atom. The van der Waals surface area contributed by atoms with Crippen LogP contribution < -0.4 is 0 Å². The average Bonchev–Trinajstić information content (AvgIpc) is 2.37. The van der Waals surface area contributed by atoms with E-state index >= 15 is 0 Å². The molecule has 0 aliphatic heterocycles. The van der Waals surface area contributed by atoms with Gasteiger partial charge in [0.25, 0.3) is 0 Å². The Balaban J connectivity index is 1.91. The number of benzene rings is 2. The lowest BCUT2D eigenvalue weighted by Crippen LogP contribution is -1.88. The molecule has 0 bridgehead atoms. The average molecular weight is 279 g/mol. The molecule has 4 heteroatoms. The molecule has 1 radical (unpaired) electrons. The van der Waals surface area contributed by atoms with E-state index in [0.717, 1.165) is 5.56 Å². The van der Waals surface area contributed by atoms with Crippen molar-refractivity contribution in [1.29, 1.82) is 0 Å². The molecule has 2 aromatic carbocycles. The zero-order valence-corrected chi connectivity index (χ0v) is 10.9. The van der Waals surface area contributed by atoms with E-state index in [9.17, 15) is 0 Å². The van der Waals surface area contributed by atoms with Crippen LogP contribution in [0, 0.1) is 0 Å². The van der Waals surface area contributed by atoms with E-state index < -0.39 is 0 Å². The summed E-state index contributed by atoms with van der Waals surface area (Å²) in [4.78, 5) is 5.13. The molecule has 91 valence electrons. The minimum atomic E-state index is 0.345. The summed E-state index contributed by atoms with van der Waals surface area (Å²) in [5.74, 6) is 0. The van der Waals surface area contributed by atoms with Crippen LogP contribution in [0.25, 0.3) is 0 Å². The number of hydrogen-bond donors (Lipinski definition) is 0. The normalized spacial score (nSPS) is 10.8. The van der Waals surface area contributed by atoms with Crippen LogP contribution in [0.4, 0.5) is 0 Å². The van der Waals surface area contributed by atoms with E-state index in [1.165, 1.54) is 0 Å². The third kappa shape index (κ3) is 3.76. The third-order valence-electron chi connectivity index (χ3n) is 2.22. The molecule has 0 saturated carbocycles. The third-order valence-corrected chi connectivity index (χ3v) is 2.79. The molecule has 0 aliphatic carbocycles. The van der Waals surface area contributed by atoms with E-state index in [0.29, 0.717) is 22.2 Å². The molecule has 2 rings (SSSR count). The SMILES string of the molecule is Clc1cccc(CO/N=[C]\c2ccccc2Cl)c1. The first-order valence-electron chi connectivity index (χ1n) is 5.33. The van der Waals surface area contributed by atoms with Crippen LogP contribution in [0.3, 0.4) is 0 Å². The molecule has 2 aromatic rings. The Hall–Kier alpha value is -1.51. The van der Waals surface area contributed by atoms with Gasteiger partial charge in [0.2, 0.25) is 0 Å². The smallest absolute Gasteiger partial charge is 0.142 e. The number of nitrogens with zero attached hydrogens (tertiary/aromatic N) is 1. The summed E-state index contributed by atoms with van der Waals surface area (Å²) in [6.07, 6.45) is 2.74. The molecule has 0 aliphatic rings. The molecule has 2 nitrogen and oxygen atoms in total. The van der Waals surface area contributed by atoms with Gasteiger partial charge in [-0.3, -0.25) is 0 Å². The molecule has 0 aromatic heterocycles. The molecule has 0 unspecified atom stereocenters. The van der Waals surface area contributed by atoms with Crippen LogP contribution in [0.2, 0.25) is 10.0 Å². The molecule has 0 heterocycles. The lowest BCUT2D eigenvalue weighted by atomic mass is 10.2. The zero-order valence-electron chi connectivity index (χ0n) is 9.44. The highest BCUT2D eigenvalue weighted by Gasteiger charge is 1.96. The van der Waals surface area contributed by atoms with Crippen molar-refractivity contribution in [3.05, 3.63) is 69.7 Å². The molecule has 0 saturated heterocycles. The van der Waals surface area contributed by atoms with Crippen LogP contribution in [0.15, 0.2) is 53.7 Å². The quantitative estimate of drug-likeness (QED) is 0.599. The van der Waals surface area contributed by atoms with Gasteiger partial charge in [0, 0.05) is 10.6 Å². The van der Waals surface area contributed by atoms with Crippen molar-refractivity contribution in [3.63, 3.8) is 0 Å². The minimum absolute atomic E-state index is 0.345. The van der Waals surface area contributed by atoms with Gasteiger partial charge in [-0.05, 0) is 23.8 Å². The molecule has 0 N–H and O–H groups in total. The maximum Gasteiger partial charge on any atom is 0.142 e. The molecular formula is C14H10Cl2NO. The Labute approximate surface area is 116 Å². The van der Waals surface area contributed by atoms with Gasteiger partial charge in [-0.25, -0.2) is 0 Å². The highest BCUT2D eigenvalue weighted by atomic mass is 35.5. The summed E-state index contributed by atoms with van der Waals surface area (Å²) in [5, 5.41) is 5.02. The second-order valence-electron chi connectivity index (χ2n) is 3.59. The zero-order chi connectivity index (χ0) is 12.8. The summed E-state index contributed by atoms with van der Waals surface area (Å²) < 4.78 is 0. The molecule has 0 amide bonds. The predicted octanol–water partition coefficient (Wildman–Crippen LogP) is 4.42. The Morgan fingerprint density at radius 3 is 2.67 bits per heavy atom. The first-order valence-corrected chi connectivity index (χ1v) is 6.08. The van der Waals surface area contributed by atoms with Crippen molar-refractivity contribution in [1.82, 2.24) is 0 Å². The van der Waals surface area contributed by atoms with Gasteiger partial charge in [-0.2, -0.15) is 0 Å². The van der Waals surface area contributed by atoms with Gasteiger partial charge in [-0.1, -0.05) is 58.7 Å².